The Morgan fingerprint density at radius 3 is 2.19 bits per heavy atom. The van der Waals surface area contributed by atoms with Crippen LogP contribution in [0.4, 0.5) is 0 Å². The average molecular weight is 301 g/mol. The van der Waals surface area contributed by atoms with Crippen molar-refractivity contribution in [3.8, 4) is 0 Å². The molecule has 21 heavy (non-hydrogen) atoms. The van der Waals surface area contributed by atoms with Crippen molar-refractivity contribution in [3.63, 3.8) is 0 Å². The fourth-order valence-electron chi connectivity index (χ4n) is 4.12. The van der Waals surface area contributed by atoms with Gasteiger partial charge in [0.25, 0.3) is 0 Å². The zero-order chi connectivity index (χ0) is 14.5. The first kappa shape index (κ1) is 15.2. The maximum absolute atomic E-state index is 4.54. The topological polar surface area (TPSA) is 12.9 Å². The molecular formula is C19H28NP. The van der Waals surface area contributed by atoms with Crippen LogP contribution in [0.15, 0.2) is 29.7 Å². The van der Waals surface area contributed by atoms with Crippen LogP contribution in [0.5, 0.6) is 0 Å². The highest BCUT2D eigenvalue weighted by Crippen LogP contribution is 2.63. The van der Waals surface area contributed by atoms with Gasteiger partial charge in [-0.2, -0.15) is 0 Å². The van der Waals surface area contributed by atoms with Crippen LogP contribution in [0.25, 0.3) is 6.08 Å². The Balaban J connectivity index is 1.86. The van der Waals surface area contributed by atoms with E-state index >= 15 is 0 Å². The summed E-state index contributed by atoms with van der Waals surface area (Å²) in [4.78, 5) is 4.54. The van der Waals surface area contributed by atoms with Gasteiger partial charge in [0.05, 0.1) is 5.69 Å². The van der Waals surface area contributed by atoms with Gasteiger partial charge in [-0.25, -0.2) is 0 Å². The number of hydrogen-bond acceptors (Lipinski definition) is 1. The molecule has 2 fully saturated rings. The largest absolute Gasteiger partial charge is 0.257 e. The third-order valence-electron chi connectivity index (χ3n) is 5.13. The van der Waals surface area contributed by atoms with E-state index in [-0.39, 0.29) is 7.92 Å². The summed E-state index contributed by atoms with van der Waals surface area (Å²) in [6.07, 6.45) is 17.4. The summed E-state index contributed by atoms with van der Waals surface area (Å²) in [6.45, 7) is 2.36. The Kier molecular flexibility index (Phi) is 5.47. The van der Waals surface area contributed by atoms with Crippen molar-refractivity contribution in [3.05, 3.63) is 35.4 Å². The lowest BCUT2D eigenvalue weighted by atomic mass is 10.3. The molecular weight excluding hydrogens is 273 g/mol. The number of hydrogen-bond donors (Lipinski definition) is 0. The third-order valence-corrected chi connectivity index (χ3v) is 8.85. The van der Waals surface area contributed by atoms with E-state index in [1.165, 1.54) is 57.8 Å². The van der Waals surface area contributed by atoms with Crippen LogP contribution in [-0.4, -0.2) is 16.3 Å². The van der Waals surface area contributed by atoms with Gasteiger partial charge in [-0.1, -0.05) is 46.6 Å². The maximum atomic E-state index is 4.54. The molecule has 2 aliphatic carbocycles. The Morgan fingerprint density at radius 2 is 1.71 bits per heavy atom. The molecule has 0 radical (unpaired) electrons. The first-order valence-electron chi connectivity index (χ1n) is 8.78. The summed E-state index contributed by atoms with van der Waals surface area (Å²) in [5, 5.41) is 1.74. The van der Waals surface area contributed by atoms with E-state index in [1.54, 1.807) is 5.31 Å². The lowest BCUT2D eigenvalue weighted by Crippen LogP contribution is -2.11. The number of pyridine rings is 1. The quantitative estimate of drug-likeness (QED) is 0.590. The fourth-order valence-corrected chi connectivity index (χ4v) is 8.15. The van der Waals surface area contributed by atoms with Crippen molar-refractivity contribution in [2.75, 3.05) is 0 Å². The second kappa shape index (κ2) is 7.54. The summed E-state index contributed by atoms with van der Waals surface area (Å²) in [6, 6.07) is 6.28. The molecule has 0 atom stereocenters. The van der Waals surface area contributed by atoms with Crippen molar-refractivity contribution >= 4 is 14.0 Å². The molecule has 2 aliphatic rings. The van der Waals surface area contributed by atoms with E-state index in [0.717, 1.165) is 17.0 Å². The normalized spacial score (nSPS) is 21.5. The van der Waals surface area contributed by atoms with Crippen LogP contribution in [-0.2, 0) is 0 Å². The Hall–Kier alpha value is -0.680. The van der Waals surface area contributed by atoms with Gasteiger partial charge in [-0.15, -0.1) is 0 Å². The highest BCUT2D eigenvalue weighted by Gasteiger charge is 2.34. The van der Waals surface area contributed by atoms with Crippen molar-refractivity contribution in [1.82, 2.24) is 4.98 Å². The highest BCUT2D eigenvalue weighted by atomic mass is 31.1. The highest BCUT2D eigenvalue weighted by molar-refractivity contribution is 7.63. The van der Waals surface area contributed by atoms with Crippen LogP contribution in [0.1, 0.15) is 70.4 Å². The summed E-state index contributed by atoms with van der Waals surface area (Å²) in [7, 11) is 0.0710. The molecule has 3 rings (SSSR count). The van der Waals surface area contributed by atoms with Gasteiger partial charge in [0.15, 0.2) is 0 Å². The molecule has 114 valence electrons. The standard InChI is InChI=1S/C19H28NP/c1-2-17(15-16-9-7-8-14-20-16)21(18-10-3-4-11-18)19-12-5-6-13-19/h7-9,14-15,18-19H,2-6,10-13H2,1H3. The lowest BCUT2D eigenvalue weighted by Gasteiger charge is -2.32. The zero-order valence-corrected chi connectivity index (χ0v) is 14.2. The number of allylic oxidation sites excluding steroid dienone is 1. The van der Waals surface area contributed by atoms with E-state index in [1.807, 2.05) is 12.3 Å². The van der Waals surface area contributed by atoms with Crippen LogP contribution in [0.3, 0.4) is 0 Å². The predicted molar refractivity (Wildman–Crippen MR) is 93.9 cm³/mol. The smallest absolute Gasteiger partial charge is 0.0632 e. The third kappa shape index (κ3) is 3.75. The minimum absolute atomic E-state index is 0.0710. The Labute approximate surface area is 131 Å². The average Bonchev–Trinajstić information content (AvgIpc) is 3.21. The minimum atomic E-state index is 0.0710. The fraction of sp³-hybridized carbons (Fsp3) is 0.632. The molecule has 0 amide bonds. The van der Waals surface area contributed by atoms with Crippen LogP contribution in [0.2, 0.25) is 0 Å². The van der Waals surface area contributed by atoms with Gasteiger partial charge in [0.1, 0.15) is 0 Å². The molecule has 0 spiro atoms. The van der Waals surface area contributed by atoms with Gasteiger partial charge in [-0.3, -0.25) is 4.98 Å². The molecule has 0 saturated heterocycles. The first-order chi connectivity index (χ1) is 10.4. The molecule has 0 aromatic carbocycles. The van der Waals surface area contributed by atoms with E-state index < -0.39 is 0 Å². The summed E-state index contributed by atoms with van der Waals surface area (Å²) in [5.74, 6) is 0. The van der Waals surface area contributed by atoms with E-state index in [2.05, 4.69) is 30.1 Å². The van der Waals surface area contributed by atoms with Gasteiger partial charge in [0, 0.05) is 6.20 Å². The van der Waals surface area contributed by atoms with Crippen molar-refractivity contribution < 1.29 is 0 Å². The predicted octanol–water partition coefficient (Wildman–Crippen LogP) is 6.20. The summed E-state index contributed by atoms with van der Waals surface area (Å²) in [5.41, 5.74) is 3.19. The van der Waals surface area contributed by atoms with E-state index in [4.69, 9.17) is 0 Å². The molecule has 0 N–H and O–H groups in total. The lowest BCUT2D eigenvalue weighted by molar-refractivity contribution is 0.829. The van der Waals surface area contributed by atoms with E-state index in [9.17, 15) is 0 Å². The SMILES string of the molecule is CCC(=Cc1ccccn1)P(C1CCCC1)C1CCCC1. The van der Waals surface area contributed by atoms with Crippen molar-refractivity contribution in [2.45, 2.75) is 76.0 Å². The molecule has 1 aromatic heterocycles. The second-order valence-corrected chi connectivity index (χ2v) is 9.38. The maximum Gasteiger partial charge on any atom is 0.0632 e. The second-order valence-electron chi connectivity index (χ2n) is 6.53. The van der Waals surface area contributed by atoms with Crippen LogP contribution >= 0.6 is 7.92 Å². The first-order valence-corrected chi connectivity index (χ1v) is 10.3. The van der Waals surface area contributed by atoms with Gasteiger partial charge in [0.2, 0.25) is 0 Å². The van der Waals surface area contributed by atoms with Crippen molar-refractivity contribution in [1.29, 1.82) is 0 Å². The van der Waals surface area contributed by atoms with Crippen molar-refractivity contribution in [2.24, 2.45) is 0 Å². The molecule has 1 aromatic rings. The molecule has 2 saturated carbocycles. The van der Waals surface area contributed by atoms with Gasteiger partial charge in [-0.05, 0) is 66.9 Å². The Morgan fingerprint density at radius 1 is 1.10 bits per heavy atom. The Bertz CT molecular complexity index is 440. The van der Waals surface area contributed by atoms with Gasteiger partial charge < -0.3 is 0 Å². The minimum Gasteiger partial charge on any atom is -0.257 e. The van der Waals surface area contributed by atoms with E-state index in [0.29, 0.717) is 0 Å². The number of aromatic nitrogens is 1. The molecule has 0 aliphatic heterocycles. The summed E-state index contributed by atoms with van der Waals surface area (Å²) < 4.78 is 0. The number of nitrogens with zero attached hydrogens (tertiary/aromatic N) is 1. The summed E-state index contributed by atoms with van der Waals surface area (Å²) >= 11 is 0. The molecule has 1 nitrogen and oxygen atoms in total. The molecule has 0 bridgehead atoms. The number of rotatable bonds is 5. The molecule has 1 heterocycles. The zero-order valence-electron chi connectivity index (χ0n) is 13.3. The van der Waals surface area contributed by atoms with Crippen LogP contribution < -0.4 is 0 Å². The molecule has 2 heteroatoms. The van der Waals surface area contributed by atoms with Crippen LogP contribution in [0, 0.1) is 0 Å². The monoisotopic (exact) mass is 301 g/mol. The van der Waals surface area contributed by atoms with Gasteiger partial charge >= 0.3 is 0 Å². The molecule has 0 unspecified atom stereocenters.